The molecule has 0 amide bonds. The molecule has 10 nitrogen and oxygen atoms in total. The van der Waals surface area contributed by atoms with Gasteiger partial charge in [-0.05, 0) is 35.8 Å². The zero-order valence-electron chi connectivity index (χ0n) is 26.7. The van der Waals surface area contributed by atoms with Crippen LogP contribution in [0.15, 0.2) is 48.5 Å². The van der Waals surface area contributed by atoms with E-state index in [1.807, 2.05) is 0 Å². The highest BCUT2D eigenvalue weighted by Crippen LogP contribution is 2.30. The van der Waals surface area contributed by atoms with Gasteiger partial charge in [-0.3, -0.25) is 28.8 Å². The second kappa shape index (κ2) is 15.4. The second-order valence-electron chi connectivity index (χ2n) is 12.3. The minimum Gasteiger partial charge on any atom is -0.465 e. The molecular weight excluding hydrogens is 568 g/mol. The molecule has 238 valence electrons. The average Bonchev–Trinajstić information content (AvgIpc) is 2.93. The number of carbonyl (C=O) groups is 6. The maximum absolute atomic E-state index is 12.7. The van der Waals surface area contributed by atoms with E-state index in [1.54, 1.807) is 104 Å². The molecule has 0 aliphatic heterocycles. The molecule has 0 bridgehead atoms. The summed E-state index contributed by atoms with van der Waals surface area (Å²) in [6.45, 7) is 12.7. The first-order valence-electron chi connectivity index (χ1n) is 14.4. The molecule has 0 heterocycles. The Balaban J connectivity index is 2.01. The standard InChI is InChI=1S/C34H42O10/c1-9-41-29(37)27(33(3,4)5)31(39)43-19-25(35)23-15-11-21(12-16-23)22-13-17-24(18-14-22)26(36)20-44-32(40)28(34(6,7)8)30(38)42-10-2/h11-18,27-28H,9-10,19-20H2,1-8H3. The minimum absolute atomic E-state index is 0.120. The van der Waals surface area contributed by atoms with Crippen LogP contribution in [0.5, 0.6) is 0 Å². The summed E-state index contributed by atoms with van der Waals surface area (Å²) < 4.78 is 20.3. The van der Waals surface area contributed by atoms with Crippen LogP contribution in [0.25, 0.3) is 11.1 Å². The Morgan fingerprint density at radius 3 is 1.02 bits per heavy atom. The molecule has 0 aromatic heterocycles. The number of esters is 4. The van der Waals surface area contributed by atoms with E-state index < -0.39 is 71.3 Å². The predicted molar refractivity (Wildman–Crippen MR) is 162 cm³/mol. The van der Waals surface area contributed by atoms with Gasteiger partial charge in [0.05, 0.1) is 13.2 Å². The van der Waals surface area contributed by atoms with Gasteiger partial charge in [0, 0.05) is 11.1 Å². The number of ketones is 2. The zero-order valence-corrected chi connectivity index (χ0v) is 26.7. The lowest BCUT2D eigenvalue weighted by Gasteiger charge is -2.26. The Hall–Kier alpha value is -4.34. The van der Waals surface area contributed by atoms with E-state index in [0.717, 1.165) is 11.1 Å². The number of hydrogen-bond donors (Lipinski definition) is 0. The van der Waals surface area contributed by atoms with Crippen LogP contribution in [-0.2, 0) is 38.1 Å². The van der Waals surface area contributed by atoms with E-state index in [2.05, 4.69) is 0 Å². The molecule has 0 fully saturated rings. The largest absolute Gasteiger partial charge is 0.465 e. The topological polar surface area (TPSA) is 139 Å². The summed E-state index contributed by atoms with van der Waals surface area (Å²) in [5.41, 5.74) is 0.656. The Kier molecular flexibility index (Phi) is 12.6. The first-order valence-corrected chi connectivity index (χ1v) is 14.4. The predicted octanol–water partition coefficient (Wildman–Crippen LogP) is 5.26. The smallest absolute Gasteiger partial charge is 0.321 e. The summed E-state index contributed by atoms with van der Waals surface area (Å²) in [5, 5.41) is 0. The van der Waals surface area contributed by atoms with Gasteiger partial charge in [0.25, 0.3) is 0 Å². The molecule has 2 aromatic carbocycles. The van der Waals surface area contributed by atoms with Crippen LogP contribution in [0.1, 0.15) is 76.1 Å². The number of benzene rings is 2. The molecule has 0 saturated carbocycles. The Labute approximate surface area is 258 Å². The van der Waals surface area contributed by atoms with Crippen LogP contribution in [0, 0.1) is 22.7 Å². The van der Waals surface area contributed by atoms with Crippen molar-refractivity contribution in [3.63, 3.8) is 0 Å². The number of carbonyl (C=O) groups excluding carboxylic acids is 6. The van der Waals surface area contributed by atoms with Crippen molar-refractivity contribution < 1.29 is 47.7 Å². The van der Waals surface area contributed by atoms with Gasteiger partial charge in [0.15, 0.2) is 36.6 Å². The normalized spacial score (nSPS) is 12.8. The monoisotopic (exact) mass is 610 g/mol. The van der Waals surface area contributed by atoms with Gasteiger partial charge >= 0.3 is 23.9 Å². The van der Waals surface area contributed by atoms with Crippen LogP contribution in [0.2, 0.25) is 0 Å². The summed E-state index contributed by atoms with van der Waals surface area (Å²) in [6.07, 6.45) is 0. The molecule has 0 aliphatic rings. The molecule has 0 N–H and O–H groups in total. The number of ether oxygens (including phenoxy) is 4. The average molecular weight is 611 g/mol. The molecule has 0 radical (unpaired) electrons. The summed E-state index contributed by atoms with van der Waals surface area (Å²) in [6, 6.07) is 13.2. The minimum atomic E-state index is -1.16. The van der Waals surface area contributed by atoms with Gasteiger partial charge in [-0.2, -0.15) is 0 Å². The highest BCUT2D eigenvalue weighted by molar-refractivity contribution is 6.01. The maximum Gasteiger partial charge on any atom is 0.321 e. The van der Waals surface area contributed by atoms with Crippen LogP contribution in [-0.4, -0.2) is 61.9 Å². The Morgan fingerprint density at radius 1 is 0.500 bits per heavy atom. The van der Waals surface area contributed by atoms with E-state index in [1.165, 1.54) is 0 Å². The summed E-state index contributed by atoms with van der Waals surface area (Å²) >= 11 is 0. The van der Waals surface area contributed by atoms with Gasteiger partial charge in [-0.1, -0.05) is 90.1 Å². The molecular formula is C34H42O10. The van der Waals surface area contributed by atoms with Crippen molar-refractivity contribution in [3.05, 3.63) is 59.7 Å². The van der Waals surface area contributed by atoms with Crippen LogP contribution in [0.4, 0.5) is 0 Å². The third-order valence-electron chi connectivity index (χ3n) is 6.69. The van der Waals surface area contributed by atoms with Crippen molar-refractivity contribution in [2.24, 2.45) is 22.7 Å². The first-order chi connectivity index (χ1) is 20.5. The van der Waals surface area contributed by atoms with Crippen LogP contribution < -0.4 is 0 Å². The maximum atomic E-state index is 12.7. The van der Waals surface area contributed by atoms with Crippen molar-refractivity contribution in [2.45, 2.75) is 55.4 Å². The summed E-state index contributed by atoms with van der Waals surface area (Å²) in [4.78, 5) is 75.1. The lowest BCUT2D eigenvalue weighted by Crippen LogP contribution is -2.38. The SMILES string of the molecule is CCOC(=O)C(C(=O)OCC(=O)c1ccc(-c2ccc(C(=O)COC(=O)C(C(=O)OCC)C(C)(C)C)cc2)cc1)C(C)(C)C. The number of rotatable bonds is 13. The first kappa shape index (κ1) is 35.9. The second-order valence-corrected chi connectivity index (χ2v) is 12.3. The third kappa shape index (κ3) is 9.86. The van der Waals surface area contributed by atoms with Crippen molar-refractivity contribution in [2.75, 3.05) is 26.4 Å². The van der Waals surface area contributed by atoms with Crippen LogP contribution >= 0.6 is 0 Å². The quantitative estimate of drug-likeness (QED) is 0.128. The fourth-order valence-corrected chi connectivity index (χ4v) is 4.36. The molecule has 2 unspecified atom stereocenters. The molecule has 10 heteroatoms. The number of hydrogen-bond acceptors (Lipinski definition) is 10. The van der Waals surface area contributed by atoms with E-state index in [-0.39, 0.29) is 13.2 Å². The Bertz CT molecular complexity index is 1240. The number of Topliss-reactive ketones (excluding diaryl/α,β-unsaturated/α-hetero) is 2. The highest BCUT2D eigenvalue weighted by atomic mass is 16.6. The lowest BCUT2D eigenvalue weighted by atomic mass is 9.81. The lowest BCUT2D eigenvalue weighted by molar-refractivity contribution is -0.168. The van der Waals surface area contributed by atoms with E-state index in [4.69, 9.17) is 18.9 Å². The van der Waals surface area contributed by atoms with Crippen molar-refractivity contribution in [3.8, 4) is 11.1 Å². The molecule has 2 rings (SSSR count). The molecule has 0 aliphatic carbocycles. The van der Waals surface area contributed by atoms with Gasteiger partial charge in [0.2, 0.25) is 0 Å². The van der Waals surface area contributed by atoms with Crippen molar-refractivity contribution >= 4 is 35.4 Å². The molecule has 44 heavy (non-hydrogen) atoms. The van der Waals surface area contributed by atoms with Crippen molar-refractivity contribution in [1.82, 2.24) is 0 Å². The summed E-state index contributed by atoms with van der Waals surface area (Å²) in [5.74, 6) is -6.23. The van der Waals surface area contributed by atoms with E-state index in [9.17, 15) is 28.8 Å². The Morgan fingerprint density at radius 2 is 0.773 bits per heavy atom. The van der Waals surface area contributed by atoms with Gasteiger partial charge in [-0.25, -0.2) is 0 Å². The molecule has 0 saturated heterocycles. The fraction of sp³-hybridized carbons (Fsp3) is 0.471. The fourth-order valence-electron chi connectivity index (χ4n) is 4.36. The van der Waals surface area contributed by atoms with Crippen LogP contribution in [0.3, 0.4) is 0 Å². The van der Waals surface area contributed by atoms with E-state index in [0.29, 0.717) is 11.1 Å². The molecule has 0 spiro atoms. The third-order valence-corrected chi connectivity index (χ3v) is 6.69. The van der Waals surface area contributed by atoms with E-state index >= 15 is 0 Å². The molecule has 2 atom stereocenters. The van der Waals surface area contributed by atoms with Gasteiger partial charge < -0.3 is 18.9 Å². The zero-order chi connectivity index (χ0) is 33.2. The van der Waals surface area contributed by atoms with Crippen molar-refractivity contribution in [1.29, 1.82) is 0 Å². The van der Waals surface area contributed by atoms with Gasteiger partial charge in [0.1, 0.15) is 0 Å². The van der Waals surface area contributed by atoms with Gasteiger partial charge in [-0.15, -0.1) is 0 Å². The summed E-state index contributed by atoms with van der Waals surface area (Å²) in [7, 11) is 0. The molecule has 2 aromatic rings. The highest BCUT2D eigenvalue weighted by Gasteiger charge is 2.41.